The number of nitrogens with one attached hydrogen (secondary N) is 1. The van der Waals surface area contributed by atoms with Crippen LogP contribution in [0.2, 0.25) is 0 Å². The normalized spacial score (nSPS) is 11.2. The number of fused-ring (bicyclic) bond motifs is 1. The van der Waals surface area contributed by atoms with Crippen molar-refractivity contribution in [1.82, 2.24) is 14.9 Å². The third-order valence-electron chi connectivity index (χ3n) is 5.78. The van der Waals surface area contributed by atoms with Crippen LogP contribution >= 0.6 is 0 Å². The minimum atomic E-state index is -0.111. The lowest BCUT2D eigenvalue weighted by molar-refractivity contribution is 0.0949. The van der Waals surface area contributed by atoms with Gasteiger partial charge in [0.25, 0.3) is 5.91 Å². The van der Waals surface area contributed by atoms with Crippen LogP contribution in [0.4, 0.5) is 0 Å². The van der Waals surface area contributed by atoms with E-state index in [0.717, 1.165) is 46.7 Å². The number of aromatic nitrogens is 2. The minimum absolute atomic E-state index is 0.111. The number of allylic oxidation sites excluding steroid dienone is 1. The summed E-state index contributed by atoms with van der Waals surface area (Å²) in [5, 5.41) is 3.01. The second-order valence-corrected chi connectivity index (χ2v) is 8.33. The zero-order valence-corrected chi connectivity index (χ0v) is 20.5. The number of aryl methyl sites for hydroxylation is 2. The minimum Gasteiger partial charge on any atom is -0.493 e. The van der Waals surface area contributed by atoms with Crippen LogP contribution in [0.5, 0.6) is 11.5 Å². The fourth-order valence-corrected chi connectivity index (χ4v) is 3.98. The molecule has 0 unspecified atom stereocenters. The van der Waals surface area contributed by atoms with Crippen LogP contribution < -0.4 is 14.8 Å². The van der Waals surface area contributed by atoms with Crippen molar-refractivity contribution in [2.75, 3.05) is 13.7 Å². The Morgan fingerprint density at radius 3 is 2.63 bits per heavy atom. The molecule has 3 aromatic carbocycles. The lowest BCUT2D eigenvalue weighted by Gasteiger charge is -2.13. The molecule has 0 saturated heterocycles. The Bertz CT molecular complexity index is 1320. The molecule has 0 fully saturated rings. The number of methoxy groups -OCH3 is 1. The van der Waals surface area contributed by atoms with Crippen LogP contribution in [0.25, 0.3) is 17.1 Å². The summed E-state index contributed by atoms with van der Waals surface area (Å²) in [4.78, 5) is 17.4. The SMILES string of the molecule is C/C=C/c1ccc(OCCCn2c(CNC(=O)c3ccc(C)cc3)nc3ccccc32)c(OC)c1. The zero-order valence-electron chi connectivity index (χ0n) is 20.5. The van der Waals surface area contributed by atoms with Crippen molar-refractivity contribution < 1.29 is 14.3 Å². The number of hydrogen-bond donors (Lipinski definition) is 1. The maximum atomic E-state index is 12.6. The van der Waals surface area contributed by atoms with Gasteiger partial charge in [0.05, 0.1) is 31.3 Å². The first-order chi connectivity index (χ1) is 17.1. The van der Waals surface area contributed by atoms with Crippen LogP contribution in [0.3, 0.4) is 0 Å². The van der Waals surface area contributed by atoms with Crippen molar-refractivity contribution >= 4 is 23.0 Å². The fraction of sp³-hybridized carbons (Fsp3) is 0.241. The van der Waals surface area contributed by atoms with E-state index in [1.165, 1.54) is 0 Å². The molecular formula is C29H31N3O3. The Hall–Kier alpha value is -4.06. The highest BCUT2D eigenvalue weighted by Gasteiger charge is 2.13. The zero-order chi connectivity index (χ0) is 24.6. The quantitative estimate of drug-likeness (QED) is 0.299. The van der Waals surface area contributed by atoms with Gasteiger partial charge < -0.3 is 19.4 Å². The van der Waals surface area contributed by atoms with E-state index in [4.69, 9.17) is 14.5 Å². The van der Waals surface area contributed by atoms with E-state index < -0.39 is 0 Å². The summed E-state index contributed by atoms with van der Waals surface area (Å²) in [5.41, 5.74) is 4.78. The van der Waals surface area contributed by atoms with E-state index in [2.05, 4.69) is 16.0 Å². The van der Waals surface area contributed by atoms with E-state index in [0.29, 0.717) is 24.5 Å². The van der Waals surface area contributed by atoms with Crippen LogP contribution in [0, 0.1) is 6.92 Å². The Balaban J connectivity index is 1.42. The average Bonchev–Trinajstić information content (AvgIpc) is 3.23. The number of carbonyl (C=O) groups is 1. The van der Waals surface area contributed by atoms with Gasteiger partial charge in [-0.15, -0.1) is 0 Å². The molecule has 35 heavy (non-hydrogen) atoms. The van der Waals surface area contributed by atoms with Gasteiger partial charge in [0.1, 0.15) is 5.82 Å². The second-order valence-electron chi connectivity index (χ2n) is 8.33. The third kappa shape index (κ3) is 5.90. The summed E-state index contributed by atoms with van der Waals surface area (Å²) in [7, 11) is 1.65. The highest BCUT2D eigenvalue weighted by atomic mass is 16.5. The number of amides is 1. The first-order valence-electron chi connectivity index (χ1n) is 11.8. The number of carbonyl (C=O) groups excluding carboxylic acids is 1. The number of ether oxygens (including phenoxy) is 2. The number of imidazole rings is 1. The molecule has 0 aliphatic carbocycles. The van der Waals surface area contributed by atoms with Crippen molar-refractivity contribution in [2.24, 2.45) is 0 Å². The van der Waals surface area contributed by atoms with Crippen molar-refractivity contribution in [3.8, 4) is 11.5 Å². The summed E-state index contributed by atoms with van der Waals surface area (Å²) in [5.74, 6) is 2.15. The van der Waals surface area contributed by atoms with Crippen LogP contribution in [-0.4, -0.2) is 29.2 Å². The smallest absolute Gasteiger partial charge is 0.251 e. The molecule has 1 aromatic heterocycles. The van der Waals surface area contributed by atoms with E-state index in [1.54, 1.807) is 7.11 Å². The molecule has 0 aliphatic rings. The summed E-state index contributed by atoms with van der Waals surface area (Å²) < 4.78 is 13.7. The first-order valence-corrected chi connectivity index (χ1v) is 11.8. The first kappa shape index (κ1) is 24.1. The van der Waals surface area contributed by atoms with Crippen molar-refractivity contribution in [3.63, 3.8) is 0 Å². The van der Waals surface area contributed by atoms with E-state index in [-0.39, 0.29) is 5.91 Å². The largest absolute Gasteiger partial charge is 0.493 e. The molecule has 1 heterocycles. The molecule has 0 bridgehead atoms. The van der Waals surface area contributed by atoms with Gasteiger partial charge in [-0.05, 0) is 62.2 Å². The molecule has 0 atom stereocenters. The molecule has 1 amide bonds. The van der Waals surface area contributed by atoms with Gasteiger partial charge in [-0.1, -0.05) is 48.0 Å². The van der Waals surface area contributed by atoms with E-state index in [9.17, 15) is 4.79 Å². The Kier molecular flexibility index (Phi) is 7.83. The maximum absolute atomic E-state index is 12.6. The molecule has 0 spiro atoms. The number of para-hydroxylation sites is 2. The molecule has 1 N–H and O–H groups in total. The van der Waals surface area contributed by atoms with Gasteiger partial charge in [0.2, 0.25) is 0 Å². The maximum Gasteiger partial charge on any atom is 0.251 e. The van der Waals surface area contributed by atoms with Crippen molar-refractivity contribution in [1.29, 1.82) is 0 Å². The van der Waals surface area contributed by atoms with E-state index in [1.807, 2.05) is 86.7 Å². The van der Waals surface area contributed by atoms with Crippen LogP contribution in [-0.2, 0) is 13.1 Å². The summed E-state index contributed by atoms with van der Waals surface area (Å²) >= 11 is 0. The lowest BCUT2D eigenvalue weighted by atomic mass is 10.1. The number of benzene rings is 3. The lowest BCUT2D eigenvalue weighted by Crippen LogP contribution is -2.25. The van der Waals surface area contributed by atoms with Gasteiger partial charge >= 0.3 is 0 Å². The highest BCUT2D eigenvalue weighted by Crippen LogP contribution is 2.29. The number of rotatable bonds is 10. The highest BCUT2D eigenvalue weighted by molar-refractivity contribution is 5.94. The Morgan fingerprint density at radius 1 is 1.06 bits per heavy atom. The molecule has 0 aliphatic heterocycles. The monoisotopic (exact) mass is 469 g/mol. The van der Waals surface area contributed by atoms with Gasteiger partial charge in [0, 0.05) is 12.1 Å². The molecule has 0 saturated carbocycles. The Labute approximate surface area is 206 Å². The molecule has 180 valence electrons. The summed E-state index contributed by atoms with van der Waals surface area (Å²) in [6.45, 7) is 5.58. The molecule has 4 rings (SSSR count). The van der Waals surface area contributed by atoms with Crippen molar-refractivity contribution in [3.05, 3.63) is 95.3 Å². The average molecular weight is 470 g/mol. The Morgan fingerprint density at radius 2 is 1.86 bits per heavy atom. The predicted molar refractivity (Wildman–Crippen MR) is 140 cm³/mol. The summed E-state index contributed by atoms with van der Waals surface area (Å²) in [6, 6.07) is 21.5. The van der Waals surface area contributed by atoms with Crippen LogP contribution in [0.1, 0.15) is 40.7 Å². The molecule has 4 aromatic rings. The van der Waals surface area contributed by atoms with Crippen molar-refractivity contribution in [2.45, 2.75) is 33.4 Å². The van der Waals surface area contributed by atoms with Gasteiger partial charge in [0.15, 0.2) is 11.5 Å². The van der Waals surface area contributed by atoms with Gasteiger partial charge in [-0.2, -0.15) is 0 Å². The van der Waals surface area contributed by atoms with Gasteiger partial charge in [-0.3, -0.25) is 4.79 Å². The summed E-state index contributed by atoms with van der Waals surface area (Å²) in [6.07, 6.45) is 4.79. The second kappa shape index (κ2) is 11.4. The molecule has 0 radical (unpaired) electrons. The predicted octanol–water partition coefficient (Wildman–Crippen LogP) is 5.79. The molecular weight excluding hydrogens is 438 g/mol. The standard InChI is InChI=1S/C29H31N3O3/c1-4-8-22-13-16-26(27(19-22)34-3)35-18-7-17-32-25-10-6-5-9-24(25)31-28(32)20-30-29(33)23-14-11-21(2)12-15-23/h4-6,8-16,19H,7,17-18,20H2,1-3H3,(H,30,33)/b8-4+. The molecule has 6 heteroatoms. The third-order valence-corrected chi connectivity index (χ3v) is 5.78. The molecule has 6 nitrogen and oxygen atoms in total. The van der Waals surface area contributed by atoms with Crippen LogP contribution in [0.15, 0.2) is 72.8 Å². The number of hydrogen-bond acceptors (Lipinski definition) is 4. The van der Waals surface area contributed by atoms with Gasteiger partial charge in [-0.25, -0.2) is 4.98 Å². The fourth-order valence-electron chi connectivity index (χ4n) is 3.98. The van der Waals surface area contributed by atoms with E-state index >= 15 is 0 Å². The topological polar surface area (TPSA) is 65.4 Å². The number of nitrogens with zero attached hydrogens (tertiary/aromatic N) is 2.